The molecule has 0 bridgehead atoms. The van der Waals surface area contributed by atoms with Crippen LogP contribution in [0.5, 0.6) is 0 Å². The van der Waals surface area contributed by atoms with Gasteiger partial charge in [-0.1, -0.05) is 24.3 Å². The molecule has 0 saturated heterocycles. The van der Waals surface area contributed by atoms with Crippen molar-refractivity contribution in [2.24, 2.45) is 0 Å². The first-order valence-corrected chi connectivity index (χ1v) is 8.10. The quantitative estimate of drug-likeness (QED) is 0.589. The molecule has 6 heteroatoms. The van der Waals surface area contributed by atoms with Crippen molar-refractivity contribution in [3.8, 4) is 0 Å². The SMILES string of the molecule is O=C(Nc1ccn(CCc2ccccn2)n1)c1cc2ccccc2[nH]1. The molecule has 4 rings (SSSR count). The highest BCUT2D eigenvalue weighted by atomic mass is 16.2. The molecule has 0 aliphatic heterocycles. The number of fused-ring (bicyclic) bond motifs is 1. The molecular weight excluding hydrogens is 314 g/mol. The number of benzene rings is 1. The van der Waals surface area contributed by atoms with Crippen LogP contribution in [0.1, 0.15) is 16.2 Å². The van der Waals surface area contributed by atoms with E-state index in [2.05, 4.69) is 20.4 Å². The van der Waals surface area contributed by atoms with Gasteiger partial charge in [-0.05, 0) is 24.3 Å². The Kier molecular flexibility index (Phi) is 4.00. The zero-order valence-corrected chi connectivity index (χ0v) is 13.5. The van der Waals surface area contributed by atoms with Crippen LogP contribution in [0.15, 0.2) is 67.0 Å². The van der Waals surface area contributed by atoms with Crippen molar-refractivity contribution in [3.05, 3.63) is 78.4 Å². The zero-order chi connectivity index (χ0) is 17.1. The lowest BCUT2D eigenvalue weighted by molar-refractivity contribution is 0.102. The van der Waals surface area contributed by atoms with Crippen LogP contribution in [-0.4, -0.2) is 25.7 Å². The van der Waals surface area contributed by atoms with Gasteiger partial charge in [0.25, 0.3) is 5.91 Å². The number of rotatable bonds is 5. The van der Waals surface area contributed by atoms with E-state index in [1.54, 1.807) is 16.9 Å². The molecule has 0 fully saturated rings. The molecule has 0 spiro atoms. The van der Waals surface area contributed by atoms with E-state index in [4.69, 9.17) is 0 Å². The van der Waals surface area contributed by atoms with Crippen molar-refractivity contribution in [2.75, 3.05) is 5.32 Å². The van der Waals surface area contributed by atoms with Gasteiger partial charge in [0.1, 0.15) is 5.69 Å². The molecule has 0 radical (unpaired) electrons. The van der Waals surface area contributed by atoms with E-state index in [0.717, 1.165) is 23.0 Å². The zero-order valence-electron chi connectivity index (χ0n) is 13.5. The normalized spacial score (nSPS) is 10.9. The summed E-state index contributed by atoms with van der Waals surface area (Å²) in [6.07, 6.45) is 4.42. The minimum atomic E-state index is -0.203. The number of aromatic nitrogens is 4. The summed E-state index contributed by atoms with van der Waals surface area (Å²) in [5.74, 6) is 0.329. The average molecular weight is 331 g/mol. The molecule has 0 atom stereocenters. The van der Waals surface area contributed by atoms with Crippen LogP contribution in [0.4, 0.5) is 5.82 Å². The number of hydrogen-bond acceptors (Lipinski definition) is 3. The molecule has 124 valence electrons. The Labute approximate surface area is 144 Å². The summed E-state index contributed by atoms with van der Waals surface area (Å²) >= 11 is 0. The first-order chi connectivity index (χ1) is 12.3. The Morgan fingerprint density at radius 1 is 1.12 bits per heavy atom. The fourth-order valence-corrected chi connectivity index (χ4v) is 2.71. The number of para-hydroxylation sites is 1. The Balaban J connectivity index is 1.41. The number of amides is 1. The number of nitrogens with one attached hydrogen (secondary N) is 2. The number of carbonyl (C=O) groups is 1. The molecule has 0 aliphatic carbocycles. The molecule has 4 aromatic rings. The average Bonchev–Trinajstić information content (AvgIpc) is 3.27. The molecule has 0 aliphatic rings. The fourth-order valence-electron chi connectivity index (χ4n) is 2.71. The summed E-state index contributed by atoms with van der Waals surface area (Å²) in [7, 11) is 0. The maximum Gasteiger partial charge on any atom is 0.273 e. The van der Waals surface area contributed by atoms with Crippen LogP contribution in [0.3, 0.4) is 0 Å². The second-order valence-electron chi connectivity index (χ2n) is 5.76. The van der Waals surface area contributed by atoms with Gasteiger partial charge in [0.15, 0.2) is 5.82 Å². The van der Waals surface area contributed by atoms with E-state index >= 15 is 0 Å². The molecular formula is C19H17N5O. The van der Waals surface area contributed by atoms with E-state index in [1.165, 1.54) is 0 Å². The monoisotopic (exact) mass is 331 g/mol. The Bertz CT molecular complexity index is 970. The lowest BCUT2D eigenvalue weighted by atomic mass is 10.2. The smallest absolute Gasteiger partial charge is 0.273 e. The standard InChI is InChI=1S/C19H17N5O/c25-19(17-13-14-5-1-2-7-16(14)21-17)22-18-9-12-24(23-18)11-8-15-6-3-4-10-20-15/h1-7,9-10,12-13,21H,8,11H2,(H,22,23,25). The second-order valence-corrected chi connectivity index (χ2v) is 5.76. The first kappa shape index (κ1) is 15.1. The number of aryl methyl sites for hydroxylation is 2. The van der Waals surface area contributed by atoms with Crippen molar-refractivity contribution in [1.29, 1.82) is 0 Å². The highest BCUT2D eigenvalue weighted by Crippen LogP contribution is 2.15. The van der Waals surface area contributed by atoms with Crippen LogP contribution in [-0.2, 0) is 13.0 Å². The second kappa shape index (κ2) is 6.60. The van der Waals surface area contributed by atoms with E-state index in [1.807, 2.05) is 54.7 Å². The molecule has 0 saturated carbocycles. The minimum Gasteiger partial charge on any atom is -0.351 e. The van der Waals surface area contributed by atoms with E-state index < -0.39 is 0 Å². The third-order valence-electron chi connectivity index (χ3n) is 3.98. The number of pyridine rings is 1. The summed E-state index contributed by atoms with van der Waals surface area (Å²) in [5.41, 5.74) is 2.47. The highest BCUT2D eigenvalue weighted by Gasteiger charge is 2.11. The summed E-state index contributed by atoms with van der Waals surface area (Å²) < 4.78 is 1.80. The first-order valence-electron chi connectivity index (χ1n) is 8.10. The van der Waals surface area contributed by atoms with Gasteiger partial charge >= 0.3 is 0 Å². The van der Waals surface area contributed by atoms with Gasteiger partial charge in [0.2, 0.25) is 0 Å². The van der Waals surface area contributed by atoms with Crippen LogP contribution >= 0.6 is 0 Å². The van der Waals surface area contributed by atoms with Crippen molar-refractivity contribution in [2.45, 2.75) is 13.0 Å². The molecule has 25 heavy (non-hydrogen) atoms. The predicted molar refractivity (Wildman–Crippen MR) is 96.4 cm³/mol. The largest absolute Gasteiger partial charge is 0.351 e. The molecule has 0 unspecified atom stereocenters. The van der Waals surface area contributed by atoms with Crippen molar-refractivity contribution in [1.82, 2.24) is 19.7 Å². The van der Waals surface area contributed by atoms with E-state index in [0.29, 0.717) is 18.1 Å². The minimum absolute atomic E-state index is 0.203. The van der Waals surface area contributed by atoms with Gasteiger partial charge in [0.05, 0.1) is 0 Å². The third-order valence-corrected chi connectivity index (χ3v) is 3.98. The number of H-pyrrole nitrogens is 1. The van der Waals surface area contributed by atoms with Crippen molar-refractivity contribution in [3.63, 3.8) is 0 Å². The van der Waals surface area contributed by atoms with E-state index in [9.17, 15) is 4.79 Å². The maximum absolute atomic E-state index is 12.4. The van der Waals surface area contributed by atoms with Crippen LogP contribution in [0.2, 0.25) is 0 Å². The number of aromatic amines is 1. The van der Waals surface area contributed by atoms with Crippen LogP contribution < -0.4 is 5.32 Å². The van der Waals surface area contributed by atoms with Crippen molar-refractivity contribution < 1.29 is 4.79 Å². The van der Waals surface area contributed by atoms with Gasteiger partial charge in [0, 0.05) is 48.0 Å². The number of hydrogen-bond donors (Lipinski definition) is 2. The molecule has 3 heterocycles. The summed E-state index contributed by atoms with van der Waals surface area (Å²) in [6, 6.07) is 17.3. The van der Waals surface area contributed by atoms with Gasteiger partial charge in [-0.2, -0.15) is 5.10 Å². The Morgan fingerprint density at radius 2 is 2.00 bits per heavy atom. The van der Waals surface area contributed by atoms with Gasteiger partial charge in [-0.25, -0.2) is 0 Å². The molecule has 2 N–H and O–H groups in total. The summed E-state index contributed by atoms with van der Waals surface area (Å²) in [6.45, 7) is 0.708. The highest BCUT2D eigenvalue weighted by molar-refractivity contribution is 6.05. The van der Waals surface area contributed by atoms with Crippen molar-refractivity contribution >= 4 is 22.6 Å². The van der Waals surface area contributed by atoms with Gasteiger partial charge in [-0.15, -0.1) is 0 Å². The van der Waals surface area contributed by atoms with E-state index in [-0.39, 0.29) is 5.91 Å². The fraction of sp³-hybridized carbons (Fsp3) is 0.105. The molecule has 1 aromatic carbocycles. The lowest BCUT2D eigenvalue weighted by Gasteiger charge is -2.02. The Hall–Kier alpha value is -3.41. The van der Waals surface area contributed by atoms with Gasteiger partial charge in [-0.3, -0.25) is 14.5 Å². The topological polar surface area (TPSA) is 75.6 Å². The Morgan fingerprint density at radius 3 is 2.84 bits per heavy atom. The van der Waals surface area contributed by atoms with Gasteiger partial charge < -0.3 is 10.3 Å². The predicted octanol–water partition coefficient (Wildman–Crippen LogP) is 3.25. The number of nitrogens with zero attached hydrogens (tertiary/aromatic N) is 3. The number of anilines is 1. The molecule has 1 amide bonds. The third kappa shape index (κ3) is 3.42. The van der Waals surface area contributed by atoms with Crippen LogP contribution in [0, 0.1) is 0 Å². The number of carbonyl (C=O) groups excluding carboxylic acids is 1. The summed E-state index contributed by atoms with van der Waals surface area (Å²) in [5, 5.41) is 8.22. The summed E-state index contributed by atoms with van der Waals surface area (Å²) in [4.78, 5) is 19.8. The molecule has 6 nitrogen and oxygen atoms in total. The van der Waals surface area contributed by atoms with Crippen LogP contribution in [0.25, 0.3) is 10.9 Å². The molecule has 3 aromatic heterocycles. The maximum atomic E-state index is 12.4. The lowest BCUT2D eigenvalue weighted by Crippen LogP contribution is -2.13.